The number of carbonyl (C=O) groups excluding carboxylic acids is 1. The maximum Gasteiger partial charge on any atom is 0.323 e. The van der Waals surface area contributed by atoms with Crippen LogP contribution in [0.5, 0.6) is 0 Å². The van der Waals surface area contributed by atoms with Gasteiger partial charge in [0.25, 0.3) is 0 Å². The molecule has 19 heavy (non-hydrogen) atoms. The first-order valence-corrected chi connectivity index (χ1v) is 6.75. The minimum absolute atomic E-state index is 0.165. The molecule has 0 aromatic heterocycles. The average Bonchev–Trinajstić information content (AvgIpc) is 2.42. The summed E-state index contributed by atoms with van der Waals surface area (Å²) in [5, 5.41) is 3.21. The molecule has 0 saturated carbocycles. The number of hydrogen-bond acceptors (Lipinski definition) is 4. The van der Waals surface area contributed by atoms with Gasteiger partial charge < -0.3 is 14.8 Å². The summed E-state index contributed by atoms with van der Waals surface area (Å²) in [6, 6.07) is 7.93. The Morgan fingerprint density at radius 1 is 1.32 bits per heavy atom. The summed E-state index contributed by atoms with van der Waals surface area (Å²) in [6.07, 6.45) is 0.860. The molecule has 1 heterocycles. The van der Waals surface area contributed by atoms with Gasteiger partial charge in [-0.2, -0.15) is 0 Å². The molecular weight excluding hydrogens is 242 g/mol. The van der Waals surface area contributed by atoms with Gasteiger partial charge in [-0.3, -0.25) is 4.79 Å². The second kappa shape index (κ2) is 6.68. The molecule has 0 aliphatic carbocycles. The topological polar surface area (TPSA) is 47.6 Å². The van der Waals surface area contributed by atoms with Crippen molar-refractivity contribution in [3.8, 4) is 0 Å². The molecule has 0 spiro atoms. The molecule has 104 valence electrons. The zero-order valence-electron chi connectivity index (χ0n) is 11.5. The first-order valence-electron chi connectivity index (χ1n) is 6.75. The summed E-state index contributed by atoms with van der Waals surface area (Å²) in [5.74, 6) is -0.193. The van der Waals surface area contributed by atoms with Gasteiger partial charge in [0, 0.05) is 6.54 Å². The average molecular weight is 263 g/mol. The number of ether oxygens (including phenoxy) is 2. The van der Waals surface area contributed by atoms with Crippen LogP contribution in [0.4, 0.5) is 0 Å². The smallest absolute Gasteiger partial charge is 0.323 e. The maximum absolute atomic E-state index is 11.9. The van der Waals surface area contributed by atoms with Crippen LogP contribution >= 0.6 is 0 Å². The number of benzene rings is 1. The van der Waals surface area contributed by atoms with Crippen molar-refractivity contribution in [1.29, 1.82) is 0 Å². The van der Waals surface area contributed by atoms with Crippen molar-refractivity contribution >= 4 is 5.97 Å². The van der Waals surface area contributed by atoms with Crippen LogP contribution in [0.1, 0.15) is 25.0 Å². The summed E-state index contributed by atoms with van der Waals surface area (Å²) >= 11 is 0. The van der Waals surface area contributed by atoms with Gasteiger partial charge >= 0.3 is 5.97 Å². The fourth-order valence-electron chi connectivity index (χ4n) is 2.15. The van der Waals surface area contributed by atoms with Gasteiger partial charge in [-0.15, -0.1) is 0 Å². The number of carbonyl (C=O) groups is 1. The molecule has 0 bridgehead atoms. The van der Waals surface area contributed by atoms with Crippen LogP contribution in [0.3, 0.4) is 0 Å². The van der Waals surface area contributed by atoms with E-state index < -0.39 is 0 Å². The van der Waals surface area contributed by atoms with E-state index in [0.717, 1.165) is 6.54 Å². The van der Waals surface area contributed by atoms with Crippen molar-refractivity contribution in [3.63, 3.8) is 0 Å². The highest BCUT2D eigenvalue weighted by Gasteiger charge is 2.24. The van der Waals surface area contributed by atoms with Gasteiger partial charge in [0.05, 0.1) is 12.7 Å². The van der Waals surface area contributed by atoms with E-state index in [1.54, 1.807) is 0 Å². The van der Waals surface area contributed by atoms with E-state index >= 15 is 0 Å². The van der Waals surface area contributed by atoms with Crippen molar-refractivity contribution < 1.29 is 14.3 Å². The second-order valence-corrected chi connectivity index (χ2v) is 4.99. The Morgan fingerprint density at radius 2 is 2.05 bits per heavy atom. The number of esters is 1. The lowest BCUT2D eigenvalue weighted by Crippen LogP contribution is -2.43. The summed E-state index contributed by atoms with van der Waals surface area (Å²) in [5.41, 5.74) is 2.48. The van der Waals surface area contributed by atoms with E-state index in [-0.39, 0.29) is 18.1 Å². The summed E-state index contributed by atoms with van der Waals surface area (Å²) in [4.78, 5) is 11.9. The lowest BCUT2D eigenvalue weighted by molar-refractivity contribution is -0.148. The summed E-state index contributed by atoms with van der Waals surface area (Å²) in [6.45, 7) is 5.41. The van der Waals surface area contributed by atoms with Crippen LogP contribution in [-0.2, 0) is 27.2 Å². The predicted octanol–water partition coefficient (Wildman–Crippen LogP) is 1.67. The standard InChI is InChI=1S/C15H21NO3/c1-11(2)18-7-8-19-15(17)14-9-12-5-3-4-6-13(12)10-16-14/h3-6,11,14,16H,7-10H2,1-2H3/t14-/m1/s1. The third kappa shape index (κ3) is 4.04. The predicted molar refractivity (Wildman–Crippen MR) is 72.8 cm³/mol. The molecule has 1 aromatic rings. The van der Waals surface area contributed by atoms with Crippen molar-refractivity contribution in [3.05, 3.63) is 35.4 Å². The Balaban J connectivity index is 1.79. The Bertz CT molecular complexity index is 431. The number of nitrogens with one attached hydrogen (secondary N) is 1. The van der Waals surface area contributed by atoms with Gasteiger partial charge in [0.2, 0.25) is 0 Å². The van der Waals surface area contributed by atoms with Crippen LogP contribution in [0.15, 0.2) is 24.3 Å². The SMILES string of the molecule is CC(C)OCCOC(=O)[C@H]1Cc2ccccc2CN1. The van der Waals surface area contributed by atoms with E-state index in [9.17, 15) is 4.79 Å². The number of rotatable bonds is 5. The van der Waals surface area contributed by atoms with Crippen LogP contribution < -0.4 is 5.32 Å². The monoisotopic (exact) mass is 263 g/mol. The molecule has 2 rings (SSSR count). The van der Waals surface area contributed by atoms with Crippen LogP contribution in [-0.4, -0.2) is 31.3 Å². The first kappa shape index (κ1) is 14.0. The molecule has 1 atom stereocenters. The van der Waals surface area contributed by atoms with E-state index in [1.807, 2.05) is 26.0 Å². The molecule has 0 fully saturated rings. The summed E-state index contributed by atoms with van der Waals surface area (Å²) in [7, 11) is 0. The molecule has 4 nitrogen and oxygen atoms in total. The van der Waals surface area contributed by atoms with Crippen LogP contribution in [0.2, 0.25) is 0 Å². The molecule has 1 aliphatic rings. The zero-order valence-corrected chi connectivity index (χ0v) is 11.5. The minimum atomic E-state index is -0.242. The van der Waals surface area contributed by atoms with Crippen molar-refractivity contribution in [2.75, 3.05) is 13.2 Å². The van der Waals surface area contributed by atoms with Crippen molar-refractivity contribution in [2.45, 2.75) is 39.0 Å². The van der Waals surface area contributed by atoms with Crippen molar-refractivity contribution in [1.82, 2.24) is 5.32 Å². The van der Waals surface area contributed by atoms with E-state index in [1.165, 1.54) is 11.1 Å². The van der Waals surface area contributed by atoms with E-state index in [0.29, 0.717) is 19.6 Å². The fourth-order valence-corrected chi connectivity index (χ4v) is 2.15. The third-order valence-electron chi connectivity index (χ3n) is 3.14. The Kier molecular flexibility index (Phi) is 4.93. The lowest BCUT2D eigenvalue weighted by atomic mass is 9.96. The number of hydrogen-bond donors (Lipinski definition) is 1. The number of fused-ring (bicyclic) bond motifs is 1. The highest BCUT2D eigenvalue weighted by Crippen LogP contribution is 2.16. The highest BCUT2D eigenvalue weighted by atomic mass is 16.6. The Labute approximate surface area is 114 Å². The molecule has 0 saturated heterocycles. The zero-order chi connectivity index (χ0) is 13.7. The van der Waals surface area contributed by atoms with Gasteiger partial charge in [-0.1, -0.05) is 24.3 Å². The van der Waals surface area contributed by atoms with Gasteiger partial charge in [0.1, 0.15) is 12.6 Å². The first-order chi connectivity index (χ1) is 9.16. The molecule has 1 aliphatic heterocycles. The van der Waals surface area contributed by atoms with Gasteiger partial charge in [-0.05, 0) is 31.4 Å². The van der Waals surface area contributed by atoms with Gasteiger partial charge in [-0.25, -0.2) is 0 Å². The molecule has 4 heteroatoms. The minimum Gasteiger partial charge on any atom is -0.462 e. The van der Waals surface area contributed by atoms with E-state index in [4.69, 9.17) is 9.47 Å². The Hall–Kier alpha value is -1.39. The highest BCUT2D eigenvalue weighted by molar-refractivity contribution is 5.76. The molecule has 1 N–H and O–H groups in total. The normalized spacial score (nSPS) is 18.2. The molecule has 0 amide bonds. The van der Waals surface area contributed by atoms with E-state index in [2.05, 4.69) is 17.4 Å². The third-order valence-corrected chi connectivity index (χ3v) is 3.14. The quantitative estimate of drug-likeness (QED) is 0.648. The molecule has 0 radical (unpaired) electrons. The maximum atomic E-state index is 11.9. The molecule has 0 unspecified atom stereocenters. The fraction of sp³-hybridized carbons (Fsp3) is 0.533. The van der Waals surface area contributed by atoms with Crippen LogP contribution in [0.25, 0.3) is 0 Å². The van der Waals surface area contributed by atoms with Gasteiger partial charge in [0.15, 0.2) is 0 Å². The lowest BCUT2D eigenvalue weighted by Gasteiger charge is -2.24. The second-order valence-electron chi connectivity index (χ2n) is 4.99. The van der Waals surface area contributed by atoms with Crippen LogP contribution in [0, 0.1) is 0 Å². The largest absolute Gasteiger partial charge is 0.462 e. The summed E-state index contributed by atoms with van der Waals surface area (Å²) < 4.78 is 10.6. The van der Waals surface area contributed by atoms with Crippen molar-refractivity contribution in [2.24, 2.45) is 0 Å². The molecular formula is C15H21NO3. The Morgan fingerprint density at radius 3 is 2.79 bits per heavy atom. The molecule has 1 aromatic carbocycles.